The van der Waals surface area contributed by atoms with Crippen LogP contribution in [-0.2, 0) is 6.42 Å². The van der Waals surface area contributed by atoms with Crippen molar-refractivity contribution in [2.45, 2.75) is 26.2 Å². The fourth-order valence-corrected chi connectivity index (χ4v) is 2.28. The van der Waals surface area contributed by atoms with Crippen molar-refractivity contribution >= 4 is 11.6 Å². The van der Waals surface area contributed by atoms with E-state index < -0.39 is 0 Å². The van der Waals surface area contributed by atoms with Gasteiger partial charge in [-0.1, -0.05) is 11.6 Å². The summed E-state index contributed by atoms with van der Waals surface area (Å²) in [6, 6.07) is 3.93. The van der Waals surface area contributed by atoms with Crippen LogP contribution < -0.4 is 4.74 Å². The summed E-state index contributed by atoms with van der Waals surface area (Å²) in [7, 11) is 1.62. The second kappa shape index (κ2) is 4.27. The molecule has 2 nitrogen and oxygen atoms in total. The van der Waals surface area contributed by atoms with Crippen LogP contribution in [0, 0.1) is 12.3 Å². The molecule has 2 rings (SSSR count). The van der Waals surface area contributed by atoms with E-state index in [1.807, 2.05) is 12.1 Å². The molecule has 1 N–H and O–H groups in total. The molecule has 0 heterocycles. The molecule has 0 radical (unpaired) electrons. The minimum atomic E-state index is 0.128. The van der Waals surface area contributed by atoms with Gasteiger partial charge >= 0.3 is 0 Å². The summed E-state index contributed by atoms with van der Waals surface area (Å²) in [6.07, 6.45) is 3.15. The number of ether oxygens (including phenoxy) is 1. The zero-order chi connectivity index (χ0) is 11.8. The van der Waals surface area contributed by atoms with Crippen molar-refractivity contribution in [2.24, 2.45) is 5.41 Å². The fourth-order valence-electron chi connectivity index (χ4n) is 2.01. The quantitative estimate of drug-likeness (QED) is 0.877. The van der Waals surface area contributed by atoms with Crippen LogP contribution >= 0.6 is 11.6 Å². The molecule has 1 saturated carbocycles. The number of hydrogen-bond donors (Lipinski definition) is 1. The summed E-state index contributed by atoms with van der Waals surface area (Å²) in [5.41, 5.74) is 2.53. The predicted octanol–water partition coefficient (Wildman–Crippen LogP) is 2.97. The number of halogens is 1. The first-order valence-corrected chi connectivity index (χ1v) is 5.92. The van der Waals surface area contributed by atoms with Gasteiger partial charge in [-0.15, -0.1) is 0 Å². The Bertz CT molecular complexity index is 397. The fraction of sp³-hybridized carbons (Fsp3) is 0.538. The Labute approximate surface area is 101 Å². The molecule has 0 unspecified atom stereocenters. The largest absolute Gasteiger partial charge is 0.495 e. The Morgan fingerprint density at radius 3 is 2.62 bits per heavy atom. The summed E-state index contributed by atoms with van der Waals surface area (Å²) >= 11 is 6.11. The van der Waals surface area contributed by atoms with E-state index in [0.29, 0.717) is 5.02 Å². The number of benzene rings is 1. The van der Waals surface area contributed by atoms with Crippen molar-refractivity contribution in [3.8, 4) is 5.75 Å². The van der Waals surface area contributed by atoms with Crippen LogP contribution in [0.3, 0.4) is 0 Å². The summed E-state index contributed by atoms with van der Waals surface area (Å²) in [6.45, 7) is 2.33. The molecule has 0 atom stereocenters. The van der Waals surface area contributed by atoms with Gasteiger partial charge in [0.2, 0.25) is 0 Å². The minimum Gasteiger partial charge on any atom is -0.495 e. The van der Waals surface area contributed by atoms with Gasteiger partial charge in [0.1, 0.15) is 5.75 Å². The molecular weight excluding hydrogens is 224 g/mol. The van der Waals surface area contributed by atoms with Crippen molar-refractivity contribution in [3.63, 3.8) is 0 Å². The maximum Gasteiger partial charge on any atom is 0.137 e. The van der Waals surface area contributed by atoms with E-state index in [9.17, 15) is 5.11 Å². The lowest BCUT2D eigenvalue weighted by Crippen LogP contribution is -2.11. The van der Waals surface area contributed by atoms with Gasteiger partial charge in [-0.05, 0) is 54.9 Å². The van der Waals surface area contributed by atoms with Crippen LogP contribution in [0.2, 0.25) is 5.02 Å². The molecule has 1 aliphatic carbocycles. The highest BCUT2D eigenvalue weighted by molar-refractivity contribution is 6.32. The molecule has 1 aromatic carbocycles. The molecular formula is C13H17ClO2. The second-order valence-corrected chi connectivity index (χ2v) is 5.16. The zero-order valence-corrected chi connectivity index (χ0v) is 10.5. The maximum absolute atomic E-state index is 9.32. The third-order valence-corrected chi connectivity index (χ3v) is 3.76. The van der Waals surface area contributed by atoms with E-state index >= 15 is 0 Å². The lowest BCUT2D eigenvalue weighted by Gasteiger charge is -2.15. The van der Waals surface area contributed by atoms with E-state index in [1.54, 1.807) is 7.11 Å². The Morgan fingerprint density at radius 1 is 1.44 bits per heavy atom. The van der Waals surface area contributed by atoms with Crippen LogP contribution in [0.25, 0.3) is 0 Å². The van der Waals surface area contributed by atoms with Gasteiger partial charge in [0.25, 0.3) is 0 Å². The van der Waals surface area contributed by atoms with E-state index in [1.165, 1.54) is 11.1 Å². The number of rotatable bonds is 4. The first kappa shape index (κ1) is 11.7. The highest BCUT2D eigenvalue weighted by Crippen LogP contribution is 2.48. The van der Waals surface area contributed by atoms with Gasteiger partial charge in [0, 0.05) is 6.61 Å². The Balaban J connectivity index is 2.25. The highest BCUT2D eigenvalue weighted by Gasteiger charge is 2.42. The van der Waals surface area contributed by atoms with Crippen molar-refractivity contribution in [1.82, 2.24) is 0 Å². The minimum absolute atomic E-state index is 0.128. The predicted molar refractivity (Wildman–Crippen MR) is 65.2 cm³/mol. The molecule has 1 aromatic rings. The number of methoxy groups -OCH3 is 1. The first-order valence-electron chi connectivity index (χ1n) is 5.54. The normalized spacial score (nSPS) is 17.2. The van der Waals surface area contributed by atoms with E-state index in [4.69, 9.17) is 16.3 Å². The lowest BCUT2D eigenvalue weighted by atomic mass is 9.94. The Hall–Kier alpha value is -0.730. The van der Waals surface area contributed by atoms with Crippen LogP contribution in [-0.4, -0.2) is 18.8 Å². The van der Waals surface area contributed by atoms with Gasteiger partial charge < -0.3 is 9.84 Å². The summed E-state index contributed by atoms with van der Waals surface area (Å²) in [5.74, 6) is 0.719. The van der Waals surface area contributed by atoms with Crippen molar-refractivity contribution < 1.29 is 9.84 Å². The average Bonchev–Trinajstić information content (AvgIpc) is 3.03. The molecule has 0 amide bonds. The van der Waals surface area contributed by atoms with Crippen LogP contribution in [0.15, 0.2) is 12.1 Å². The van der Waals surface area contributed by atoms with E-state index in [-0.39, 0.29) is 12.0 Å². The van der Waals surface area contributed by atoms with E-state index in [2.05, 4.69) is 6.92 Å². The van der Waals surface area contributed by atoms with Gasteiger partial charge in [0.05, 0.1) is 12.1 Å². The van der Waals surface area contributed by atoms with E-state index in [0.717, 1.165) is 25.0 Å². The molecule has 0 spiro atoms. The molecule has 16 heavy (non-hydrogen) atoms. The lowest BCUT2D eigenvalue weighted by molar-refractivity contribution is 0.211. The molecule has 0 aliphatic heterocycles. The molecule has 0 saturated heterocycles. The Kier molecular flexibility index (Phi) is 3.13. The number of aliphatic hydroxyl groups is 1. The van der Waals surface area contributed by atoms with Gasteiger partial charge in [0.15, 0.2) is 0 Å². The van der Waals surface area contributed by atoms with Crippen LogP contribution in [0.5, 0.6) is 5.75 Å². The zero-order valence-electron chi connectivity index (χ0n) is 9.72. The number of aryl methyl sites for hydroxylation is 1. The maximum atomic E-state index is 9.32. The summed E-state index contributed by atoms with van der Waals surface area (Å²) < 4.78 is 5.17. The Morgan fingerprint density at radius 2 is 2.12 bits per heavy atom. The van der Waals surface area contributed by atoms with Crippen molar-refractivity contribution in [1.29, 1.82) is 0 Å². The van der Waals surface area contributed by atoms with Crippen LogP contribution in [0.4, 0.5) is 0 Å². The monoisotopic (exact) mass is 240 g/mol. The average molecular weight is 241 g/mol. The summed E-state index contributed by atoms with van der Waals surface area (Å²) in [4.78, 5) is 0. The topological polar surface area (TPSA) is 29.5 Å². The number of hydrogen-bond acceptors (Lipinski definition) is 2. The summed E-state index contributed by atoms with van der Waals surface area (Å²) in [5, 5.41) is 9.97. The third-order valence-electron chi connectivity index (χ3n) is 3.47. The molecule has 88 valence electrons. The van der Waals surface area contributed by atoms with Crippen molar-refractivity contribution in [2.75, 3.05) is 13.7 Å². The molecule has 0 bridgehead atoms. The van der Waals surface area contributed by atoms with Crippen molar-refractivity contribution in [3.05, 3.63) is 28.3 Å². The highest BCUT2D eigenvalue weighted by atomic mass is 35.5. The SMILES string of the molecule is COc1cc(C)c(CC2(CO)CC2)cc1Cl. The molecule has 1 aliphatic rings. The third kappa shape index (κ3) is 2.18. The standard InChI is InChI=1S/C13H17ClO2/c1-9-5-12(16-2)11(14)6-10(9)7-13(8-15)3-4-13/h5-6,15H,3-4,7-8H2,1-2H3. The van der Waals surface area contributed by atoms with Gasteiger partial charge in [-0.25, -0.2) is 0 Å². The number of aliphatic hydroxyl groups excluding tert-OH is 1. The van der Waals surface area contributed by atoms with Gasteiger partial charge in [-0.2, -0.15) is 0 Å². The second-order valence-electron chi connectivity index (χ2n) is 4.75. The van der Waals surface area contributed by atoms with Gasteiger partial charge in [-0.3, -0.25) is 0 Å². The van der Waals surface area contributed by atoms with Crippen LogP contribution in [0.1, 0.15) is 24.0 Å². The first-order chi connectivity index (χ1) is 7.60. The molecule has 1 fully saturated rings. The molecule has 0 aromatic heterocycles. The smallest absolute Gasteiger partial charge is 0.137 e. The molecule has 3 heteroatoms.